The van der Waals surface area contributed by atoms with Crippen molar-refractivity contribution in [2.24, 2.45) is 4.99 Å². The summed E-state index contributed by atoms with van der Waals surface area (Å²) < 4.78 is 31.3. The van der Waals surface area contributed by atoms with Crippen molar-refractivity contribution in [3.8, 4) is 0 Å². The lowest BCUT2D eigenvalue weighted by molar-refractivity contribution is 0.0533. The SMILES string of the molecule is C=N/C(=C\C(=C/C)c1cc(NC(=O)c2cccc(C(F)F)c2)ccc1C)N1CCOCC1. The smallest absolute Gasteiger partial charge is 0.263 e. The number of rotatable bonds is 7. The largest absolute Gasteiger partial charge is 0.378 e. The maximum Gasteiger partial charge on any atom is 0.263 e. The number of morpholine rings is 1. The van der Waals surface area contributed by atoms with Crippen LogP contribution in [0.2, 0.25) is 0 Å². The van der Waals surface area contributed by atoms with Crippen molar-refractivity contribution >= 4 is 23.9 Å². The van der Waals surface area contributed by atoms with Gasteiger partial charge in [0.25, 0.3) is 12.3 Å². The lowest BCUT2D eigenvalue weighted by atomic mass is 9.99. The number of halogens is 2. The Hall–Kier alpha value is -3.32. The number of aryl methyl sites for hydroxylation is 1. The molecule has 1 saturated heterocycles. The molecule has 7 heteroatoms. The van der Waals surface area contributed by atoms with E-state index in [1.807, 2.05) is 38.1 Å². The first kappa shape index (κ1) is 23.3. The number of carbonyl (C=O) groups excluding carboxylic acids is 1. The molecular weight excluding hydrogens is 412 g/mol. The number of nitrogens with zero attached hydrogens (tertiary/aromatic N) is 2. The van der Waals surface area contributed by atoms with Crippen molar-refractivity contribution in [3.05, 3.63) is 82.7 Å². The zero-order valence-electron chi connectivity index (χ0n) is 18.3. The second kappa shape index (κ2) is 10.8. The molecule has 1 fully saturated rings. The fourth-order valence-corrected chi connectivity index (χ4v) is 3.51. The fraction of sp³-hybridized carbons (Fsp3) is 0.280. The zero-order chi connectivity index (χ0) is 23.1. The topological polar surface area (TPSA) is 53.9 Å². The molecule has 0 saturated carbocycles. The van der Waals surface area contributed by atoms with Crippen LogP contribution in [0.3, 0.4) is 0 Å². The molecule has 32 heavy (non-hydrogen) atoms. The number of carbonyl (C=O) groups is 1. The van der Waals surface area contributed by atoms with Gasteiger partial charge in [0.15, 0.2) is 0 Å². The molecule has 168 valence electrons. The Morgan fingerprint density at radius 1 is 1.22 bits per heavy atom. The molecule has 0 bridgehead atoms. The number of nitrogens with one attached hydrogen (secondary N) is 1. The number of ether oxygens (including phenoxy) is 1. The van der Waals surface area contributed by atoms with Crippen molar-refractivity contribution in [3.63, 3.8) is 0 Å². The molecule has 0 unspecified atom stereocenters. The molecule has 0 spiro atoms. The lowest BCUT2D eigenvalue weighted by Gasteiger charge is -2.29. The van der Waals surface area contributed by atoms with Gasteiger partial charge in [0.1, 0.15) is 5.82 Å². The van der Waals surface area contributed by atoms with Crippen molar-refractivity contribution in [2.45, 2.75) is 20.3 Å². The van der Waals surface area contributed by atoms with E-state index in [1.54, 1.807) is 6.07 Å². The number of aliphatic imine (C=N–C) groups is 1. The van der Waals surface area contributed by atoms with Crippen molar-refractivity contribution in [1.29, 1.82) is 0 Å². The minimum Gasteiger partial charge on any atom is -0.378 e. The van der Waals surface area contributed by atoms with E-state index in [9.17, 15) is 13.6 Å². The monoisotopic (exact) mass is 439 g/mol. The average molecular weight is 440 g/mol. The van der Waals surface area contributed by atoms with Gasteiger partial charge in [0.2, 0.25) is 0 Å². The first-order valence-corrected chi connectivity index (χ1v) is 10.4. The molecule has 5 nitrogen and oxygen atoms in total. The summed E-state index contributed by atoms with van der Waals surface area (Å²) >= 11 is 0. The van der Waals surface area contributed by atoms with E-state index in [1.165, 1.54) is 24.3 Å². The minimum atomic E-state index is -2.63. The van der Waals surface area contributed by atoms with Gasteiger partial charge in [-0.2, -0.15) is 0 Å². The highest BCUT2D eigenvalue weighted by atomic mass is 19.3. The van der Waals surface area contributed by atoms with Crippen LogP contribution in [0.25, 0.3) is 5.57 Å². The number of hydrogen-bond acceptors (Lipinski definition) is 4. The number of alkyl halides is 2. The summed E-state index contributed by atoms with van der Waals surface area (Å²) in [4.78, 5) is 18.9. The Kier molecular flexibility index (Phi) is 7.89. The molecule has 1 N–H and O–H groups in total. The molecular formula is C25H27F2N3O2. The summed E-state index contributed by atoms with van der Waals surface area (Å²) in [5.74, 6) is 0.320. The van der Waals surface area contributed by atoms with Crippen LogP contribution in [0.4, 0.5) is 14.5 Å². The van der Waals surface area contributed by atoms with Crippen molar-refractivity contribution in [1.82, 2.24) is 4.90 Å². The summed E-state index contributed by atoms with van der Waals surface area (Å²) in [5.41, 5.74) is 3.47. The van der Waals surface area contributed by atoms with E-state index in [0.29, 0.717) is 18.9 Å². The van der Waals surface area contributed by atoms with Gasteiger partial charge in [0.05, 0.1) is 13.2 Å². The minimum absolute atomic E-state index is 0.182. The second-order valence-corrected chi connectivity index (χ2v) is 7.41. The van der Waals surface area contributed by atoms with Crippen LogP contribution in [0.1, 0.15) is 40.4 Å². The number of allylic oxidation sites excluding steroid dienone is 3. The summed E-state index contributed by atoms with van der Waals surface area (Å²) in [6, 6.07) is 11.0. The summed E-state index contributed by atoms with van der Waals surface area (Å²) in [6.45, 7) is 10.4. The number of benzene rings is 2. The maximum absolute atomic E-state index is 13.0. The highest BCUT2D eigenvalue weighted by Gasteiger charge is 2.15. The van der Waals surface area contributed by atoms with Crippen LogP contribution >= 0.6 is 0 Å². The predicted molar refractivity (Wildman–Crippen MR) is 124 cm³/mol. The highest BCUT2D eigenvalue weighted by molar-refractivity contribution is 6.04. The third-order valence-corrected chi connectivity index (χ3v) is 5.30. The first-order chi connectivity index (χ1) is 15.4. The molecule has 0 radical (unpaired) electrons. The van der Waals surface area contributed by atoms with Gasteiger partial charge in [-0.1, -0.05) is 24.3 Å². The highest BCUT2D eigenvalue weighted by Crippen LogP contribution is 2.27. The molecule has 1 aliphatic heterocycles. The summed E-state index contributed by atoms with van der Waals surface area (Å²) in [7, 11) is 0. The third-order valence-electron chi connectivity index (χ3n) is 5.30. The average Bonchev–Trinajstić information content (AvgIpc) is 2.82. The number of amides is 1. The Labute approximate surface area is 187 Å². The fourth-order valence-electron chi connectivity index (χ4n) is 3.51. The first-order valence-electron chi connectivity index (χ1n) is 10.4. The van der Waals surface area contributed by atoms with Crippen LogP contribution in [-0.4, -0.2) is 43.8 Å². The van der Waals surface area contributed by atoms with Gasteiger partial charge in [-0.25, -0.2) is 13.8 Å². The van der Waals surface area contributed by atoms with E-state index in [2.05, 4.69) is 21.9 Å². The predicted octanol–water partition coefficient (Wildman–Crippen LogP) is 5.46. The van der Waals surface area contributed by atoms with E-state index in [4.69, 9.17) is 4.74 Å². The van der Waals surface area contributed by atoms with Crippen LogP contribution in [-0.2, 0) is 4.74 Å². The molecule has 0 atom stereocenters. The van der Waals surface area contributed by atoms with E-state index >= 15 is 0 Å². The van der Waals surface area contributed by atoms with Gasteiger partial charge in [0, 0.05) is 29.9 Å². The second-order valence-electron chi connectivity index (χ2n) is 7.41. The van der Waals surface area contributed by atoms with Gasteiger partial charge >= 0.3 is 0 Å². The Morgan fingerprint density at radius 3 is 2.62 bits per heavy atom. The van der Waals surface area contributed by atoms with Crippen LogP contribution < -0.4 is 5.32 Å². The molecule has 2 aromatic carbocycles. The van der Waals surface area contributed by atoms with Crippen molar-refractivity contribution in [2.75, 3.05) is 31.6 Å². The Balaban J connectivity index is 1.85. The zero-order valence-corrected chi connectivity index (χ0v) is 18.3. The standard InChI is InChI=1S/C25H27F2N3O2/c1-4-18(15-23(28-3)30-10-12-32-13-11-30)22-16-21(9-8-17(22)2)29-25(31)20-7-5-6-19(14-20)24(26)27/h4-9,14-16,24H,3,10-13H2,1-2H3,(H,29,31)/b18-4+,23-15+. The van der Waals surface area contributed by atoms with Gasteiger partial charge < -0.3 is 15.0 Å². The van der Waals surface area contributed by atoms with E-state index in [0.717, 1.165) is 35.6 Å². The van der Waals surface area contributed by atoms with Gasteiger partial charge in [-0.05, 0) is 67.6 Å². The van der Waals surface area contributed by atoms with E-state index in [-0.39, 0.29) is 11.1 Å². The molecule has 0 aliphatic carbocycles. The van der Waals surface area contributed by atoms with Crippen molar-refractivity contribution < 1.29 is 18.3 Å². The Bertz CT molecular complexity index is 1040. The molecule has 3 rings (SSSR count). The summed E-state index contributed by atoms with van der Waals surface area (Å²) in [6.07, 6.45) is 1.32. The lowest BCUT2D eigenvalue weighted by Crippen LogP contribution is -2.35. The third kappa shape index (κ3) is 5.68. The molecule has 1 aliphatic rings. The number of anilines is 1. The van der Waals surface area contributed by atoms with Gasteiger partial charge in [-0.15, -0.1) is 0 Å². The normalized spacial score (nSPS) is 15.1. The molecule has 0 aromatic heterocycles. The van der Waals surface area contributed by atoms with Crippen LogP contribution in [0.5, 0.6) is 0 Å². The molecule has 1 amide bonds. The Morgan fingerprint density at radius 2 is 1.97 bits per heavy atom. The van der Waals surface area contributed by atoms with Gasteiger partial charge in [-0.3, -0.25) is 4.79 Å². The quantitative estimate of drug-likeness (QED) is 0.460. The van der Waals surface area contributed by atoms with Crippen LogP contribution in [0, 0.1) is 6.92 Å². The molecule has 2 aromatic rings. The maximum atomic E-state index is 13.0. The molecule has 1 heterocycles. The van der Waals surface area contributed by atoms with Crippen LogP contribution in [0.15, 0.2) is 65.4 Å². The number of hydrogen-bond donors (Lipinski definition) is 1. The summed E-state index contributed by atoms with van der Waals surface area (Å²) in [5, 5.41) is 2.81. The van der Waals surface area contributed by atoms with E-state index < -0.39 is 12.3 Å².